The van der Waals surface area contributed by atoms with Gasteiger partial charge in [0.1, 0.15) is 11.5 Å². The fourth-order valence-corrected chi connectivity index (χ4v) is 2.83. The highest BCUT2D eigenvalue weighted by Crippen LogP contribution is 2.24. The number of esters is 1. The minimum atomic E-state index is -0.848. The van der Waals surface area contributed by atoms with E-state index >= 15 is 0 Å². The van der Waals surface area contributed by atoms with E-state index in [9.17, 15) is 9.59 Å². The van der Waals surface area contributed by atoms with E-state index in [2.05, 4.69) is 11.9 Å². The van der Waals surface area contributed by atoms with E-state index in [0.29, 0.717) is 18.5 Å². The largest absolute Gasteiger partial charge is 0.459 e. The van der Waals surface area contributed by atoms with E-state index in [4.69, 9.17) is 4.74 Å². The van der Waals surface area contributed by atoms with Crippen molar-refractivity contribution in [3.63, 3.8) is 0 Å². The summed E-state index contributed by atoms with van der Waals surface area (Å²) in [5.41, 5.74) is 2.08. The van der Waals surface area contributed by atoms with Gasteiger partial charge in [0.2, 0.25) is 5.91 Å². The van der Waals surface area contributed by atoms with Crippen LogP contribution in [0.3, 0.4) is 0 Å². The van der Waals surface area contributed by atoms with Crippen molar-refractivity contribution in [3.8, 4) is 11.1 Å². The normalized spacial score (nSPS) is 12.1. The van der Waals surface area contributed by atoms with Crippen molar-refractivity contribution in [1.82, 2.24) is 0 Å². The standard InChI is InChI=1S/C24H29NO3/c1-5-6-8-16-21(23(27)28-24(2,3)4)22(26)25-20-15-11-14-19(17-20)18-12-9-7-10-13-18/h5,7,9-15,17,21H,1,6,8,16H2,2-4H3,(H,25,26). The maximum Gasteiger partial charge on any atom is 0.319 e. The first-order chi connectivity index (χ1) is 13.3. The monoisotopic (exact) mass is 379 g/mol. The van der Waals surface area contributed by atoms with Gasteiger partial charge in [-0.25, -0.2) is 0 Å². The number of allylic oxidation sites excluding steroid dienone is 1. The fraction of sp³-hybridized carbons (Fsp3) is 0.333. The molecule has 0 saturated carbocycles. The number of benzene rings is 2. The van der Waals surface area contributed by atoms with E-state index in [1.165, 1.54) is 0 Å². The van der Waals surface area contributed by atoms with Crippen LogP contribution in [0.5, 0.6) is 0 Å². The van der Waals surface area contributed by atoms with E-state index in [1.807, 2.05) is 54.6 Å². The Balaban J connectivity index is 2.15. The zero-order chi connectivity index (χ0) is 20.6. The molecule has 1 amide bonds. The zero-order valence-corrected chi connectivity index (χ0v) is 16.9. The Hall–Kier alpha value is -2.88. The Morgan fingerprint density at radius 1 is 1.07 bits per heavy atom. The molecule has 0 aliphatic heterocycles. The first-order valence-corrected chi connectivity index (χ1v) is 9.60. The minimum absolute atomic E-state index is 0.344. The van der Waals surface area contributed by atoms with Crippen molar-refractivity contribution >= 4 is 17.6 Å². The Kier molecular flexibility index (Phi) is 7.56. The lowest BCUT2D eigenvalue weighted by atomic mass is 10.00. The van der Waals surface area contributed by atoms with Gasteiger partial charge < -0.3 is 10.1 Å². The van der Waals surface area contributed by atoms with Crippen LogP contribution in [0, 0.1) is 5.92 Å². The Bertz CT molecular complexity index is 806. The summed E-state index contributed by atoms with van der Waals surface area (Å²) < 4.78 is 5.46. The third kappa shape index (κ3) is 6.69. The molecule has 0 bridgehead atoms. The molecule has 0 aliphatic rings. The van der Waals surface area contributed by atoms with Gasteiger partial charge in [-0.05, 0) is 63.3 Å². The first kappa shape index (κ1) is 21.4. The number of amides is 1. The third-order valence-electron chi connectivity index (χ3n) is 4.15. The number of ether oxygens (including phenoxy) is 1. The number of carbonyl (C=O) groups is 2. The Morgan fingerprint density at radius 2 is 1.75 bits per heavy atom. The molecule has 2 rings (SSSR count). The summed E-state index contributed by atoms with van der Waals surface area (Å²) in [5.74, 6) is -1.68. The highest BCUT2D eigenvalue weighted by molar-refractivity contribution is 6.05. The maximum atomic E-state index is 12.8. The van der Waals surface area contributed by atoms with E-state index < -0.39 is 17.5 Å². The molecule has 0 heterocycles. The highest BCUT2D eigenvalue weighted by atomic mass is 16.6. The lowest BCUT2D eigenvalue weighted by molar-refractivity contribution is -0.161. The number of nitrogens with one attached hydrogen (secondary N) is 1. The zero-order valence-electron chi connectivity index (χ0n) is 16.9. The van der Waals surface area contributed by atoms with Crippen LogP contribution in [-0.2, 0) is 14.3 Å². The molecule has 0 saturated heterocycles. The van der Waals surface area contributed by atoms with E-state index in [-0.39, 0.29) is 5.91 Å². The number of hydrogen-bond donors (Lipinski definition) is 1. The molecule has 1 unspecified atom stereocenters. The summed E-state index contributed by atoms with van der Waals surface area (Å²) in [5, 5.41) is 2.88. The Morgan fingerprint density at radius 3 is 2.39 bits per heavy atom. The summed E-state index contributed by atoms with van der Waals surface area (Å²) in [6.45, 7) is 9.09. The second kappa shape index (κ2) is 9.88. The molecule has 148 valence electrons. The maximum absolute atomic E-state index is 12.8. The van der Waals surface area contributed by atoms with Gasteiger partial charge in [-0.1, -0.05) is 48.5 Å². The molecule has 0 aliphatic carbocycles. The molecule has 0 aromatic heterocycles. The van der Waals surface area contributed by atoms with Crippen LogP contribution >= 0.6 is 0 Å². The summed E-state index contributed by atoms with van der Waals surface area (Å²) >= 11 is 0. The number of unbranched alkanes of at least 4 members (excludes halogenated alkanes) is 1. The highest BCUT2D eigenvalue weighted by Gasteiger charge is 2.30. The second-order valence-electron chi connectivity index (χ2n) is 7.74. The molecular weight excluding hydrogens is 350 g/mol. The van der Waals surface area contributed by atoms with Gasteiger partial charge >= 0.3 is 5.97 Å². The van der Waals surface area contributed by atoms with Crippen molar-refractivity contribution in [2.24, 2.45) is 5.92 Å². The predicted molar refractivity (Wildman–Crippen MR) is 114 cm³/mol. The van der Waals surface area contributed by atoms with Gasteiger partial charge in [0, 0.05) is 5.69 Å². The number of anilines is 1. The van der Waals surface area contributed by atoms with Crippen molar-refractivity contribution in [1.29, 1.82) is 0 Å². The number of hydrogen-bond acceptors (Lipinski definition) is 3. The molecule has 28 heavy (non-hydrogen) atoms. The van der Waals surface area contributed by atoms with Crippen LogP contribution in [-0.4, -0.2) is 17.5 Å². The molecule has 1 atom stereocenters. The molecule has 2 aromatic carbocycles. The van der Waals surface area contributed by atoms with Gasteiger partial charge in [0.25, 0.3) is 0 Å². The van der Waals surface area contributed by atoms with E-state index in [1.54, 1.807) is 26.8 Å². The van der Waals surface area contributed by atoms with Crippen LogP contribution in [0.25, 0.3) is 11.1 Å². The summed E-state index contributed by atoms with van der Waals surface area (Å²) in [6.07, 6.45) is 3.65. The summed E-state index contributed by atoms with van der Waals surface area (Å²) in [6, 6.07) is 17.5. The van der Waals surface area contributed by atoms with Crippen molar-refractivity contribution in [3.05, 3.63) is 67.3 Å². The smallest absolute Gasteiger partial charge is 0.319 e. The molecule has 1 N–H and O–H groups in total. The van der Waals surface area contributed by atoms with Gasteiger partial charge in [-0.15, -0.1) is 6.58 Å². The van der Waals surface area contributed by atoms with Crippen molar-refractivity contribution in [2.75, 3.05) is 5.32 Å². The van der Waals surface area contributed by atoms with Crippen LogP contribution in [0.4, 0.5) is 5.69 Å². The number of rotatable bonds is 8. The fourth-order valence-electron chi connectivity index (χ4n) is 2.83. The minimum Gasteiger partial charge on any atom is -0.459 e. The average Bonchev–Trinajstić information content (AvgIpc) is 2.64. The van der Waals surface area contributed by atoms with Crippen molar-refractivity contribution in [2.45, 2.75) is 45.6 Å². The first-order valence-electron chi connectivity index (χ1n) is 9.60. The van der Waals surface area contributed by atoms with Crippen LogP contribution in [0.1, 0.15) is 40.0 Å². The van der Waals surface area contributed by atoms with Gasteiger partial charge in [-0.2, -0.15) is 0 Å². The molecule has 0 fully saturated rings. The van der Waals surface area contributed by atoms with Gasteiger partial charge in [0.05, 0.1) is 0 Å². The summed E-state index contributed by atoms with van der Waals surface area (Å²) in [4.78, 5) is 25.4. The van der Waals surface area contributed by atoms with Crippen LogP contribution in [0.15, 0.2) is 67.3 Å². The lowest BCUT2D eigenvalue weighted by Crippen LogP contribution is -2.35. The lowest BCUT2D eigenvalue weighted by Gasteiger charge is -2.23. The van der Waals surface area contributed by atoms with Gasteiger partial charge in [0.15, 0.2) is 0 Å². The predicted octanol–water partition coefficient (Wildman–Crippen LogP) is 5.61. The summed E-state index contributed by atoms with van der Waals surface area (Å²) in [7, 11) is 0. The molecular formula is C24H29NO3. The quantitative estimate of drug-likeness (QED) is 0.281. The Labute approximate surface area is 167 Å². The average molecular weight is 380 g/mol. The topological polar surface area (TPSA) is 55.4 Å². The van der Waals surface area contributed by atoms with Crippen LogP contribution < -0.4 is 5.32 Å². The molecule has 2 aromatic rings. The van der Waals surface area contributed by atoms with Crippen LogP contribution in [0.2, 0.25) is 0 Å². The molecule has 4 heteroatoms. The number of carbonyl (C=O) groups excluding carboxylic acids is 2. The third-order valence-corrected chi connectivity index (χ3v) is 4.15. The molecule has 0 radical (unpaired) electrons. The van der Waals surface area contributed by atoms with E-state index in [0.717, 1.165) is 17.5 Å². The van der Waals surface area contributed by atoms with Crippen molar-refractivity contribution < 1.29 is 14.3 Å². The molecule has 4 nitrogen and oxygen atoms in total. The second-order valence-corrected chi connectivity index (χ2v) is 7.74. The SMILES string of the molecule is C=CCCCC(C(=O)Nc1cccc(-c2ccccc2)c1)C(=O)OC(C)(C)C. The molecule has 0 spiro atoms. The van der Waals surface area contributed by atoms with Gasteiger partial charge in [-0.3, -0.25) is 9.59 Å².